The number of pyridine rings is 1. The molecule has 1 aliphatic rings. The maximum absolute atomic E-state index is 13.5. The van der Waals surface area contributed by atoms with E-state index >= 15 is 0 Å². The molecule has 0 N–H and O–H groups in total. The topological polar surface area (TPSA) is 40.5 Å². The highest BCUT2D eigenvalue weighted by molar-refractivity contribution is 6.65. The van der Waals surface area contributed by atoms with Crippen molar-refractivity contribution in [2.24, 2.45) is 7.05 Å². The summed E-state index contributed by atoms with van der Waals surface area (Å²) in [7, 11) is 1.05. The van der Waals surface area contributed by atoms with Crippen LogP contribution < -0.4 is 11.0 Å². The van der Waals surface area contributed by atoms with E-state index in [1.807, 2.05) is 27.7 Å². The van der Waals surface area contributed by atoms with Crippen LogP contribution in [0.2, 0.25) is 0 Å². The van der Waals surface area contributed by atoms with Crippen molar-refractivity contribution in [3.8, 4) is 0 Å². The predicted molar refractivity (Wildman–Crippen MR) is 84.9 cm³/mol. The molecule has 0 bridgehead atoms. The molecule has 2 aromatic rings. The summed E-state index contributed by atoms with van der Waals surface area (Å²) in [6, 6.07) is 4.20. The zero-order chi connectivity index (χ0) is 16.3. The minimum atomic E-state index is -0.593. The smallest absolute Gasteiger partial charge is 0.399 e. The molecular formula is C16H19BFNO3. The van der Waals surface area contributed by atoms with Crippen LogP contribution in [0.15, 0.2) is 29.2 Å². The SMILES string of the molecule is Cn1cc(B2OC(C)(C)C(C)(C)O2)c2ccc(F)cc2c1=O. The highest BCUT2D eigenvalue weighted by Gasteiger charge is 2.52. The van der Waals surface area contributed by atoms with Gasteiger partial charge in [-0.15, -0.1) is 0 Å². The van der Waals surface area contributed by atoms with Crippen LogP contribution >= 0.6 is 0 Å². The zero-order valence-electron chi connectivity index (χ0n) is 13.4. The molecule has 3 rings (SSSR count). The van der Waals surface area contributed by atoms with E-state index in [1.54, 1.807) is 19.3 Å². The fourth-order valence-electron chi connectivity index (χ4n) is 2.63. The second kappa shape index (κ2) is 4.67. The van der Waals surface area contributed by atoms with E-state index < -0.39 is 24.1 Å². The van der Waals surface area contributed by atoms with Crippen LogP contribution in [-0.2, 0) is 16.4 Å². The molecule has 0 spiro atoms. The van der Waals surface area contributed by atoms with E-state index in [0.29, 0.717) is 10.8 Å². The fourth-order valence-corrected chi connectivity index (χ4v) is 2.63. The second-order valence-corrected chi connectivity index (χ2v) is 6.78. The Morgan fingerprint density at radius 2 is 1.68 bits per heavy atom. The Balaban J connectivity index is 2.21. The first-order valence-corrected chi connectivity index (χ1v) is 7.27. The Labute approximate surface area is 129 Å². The average Bonchev–Trinajstić information content (AvgIpc) is 2.63. The zero-order valence-corrected chi connectivity index (χ0v) is 13.4. The van der Waals surface area contributed by atoms with E-state index in [2.05, 4.69) is 0 Å². The molecule has 1 saturated heterocycles. The highest BCUT2D eigenvalue weighted by atomic mass is 19.1. The van der Waals surface area contributed by atoms with Crippen molar-refractivity contribution < 1.29 is 13.7 Å². The van der Waals surface area contributed by atoms with E-state index in [0.717, 1.165) is 5.46 Å². The van der Waals surface area contributed by atoms with Crippen molar-refractivity contribution in [2.45, 2.75) is 38.9 Å². The first-order chi connectivity index (χ1) is 10.1. The third-order valence-corrected chi connectivity index (χ3v) is 4.68. The van der Waals surface area contributed by atoms with Gasteiger partial charge < -0.3 is 13.9 Å². The van der Waals surface area contributed by atoms with E-state index in [9.17, 15) is 9.18 Å². The Bertz CT molecular complexity index is 797. The quantitative estimate of drug-likeness (QED) is 0.756. The number of halogens is 1. The predicted octanol–water partition coefficient (Wildman–Crippen LogP) is 1.98. The number of aromatic nitrogens is 1. The number of nitrogens with zero attached hydrogens (tertiary/aromatic N) is 1. The Hall–Kier alpha value is -1.66. The van der Waals surface area contributed by atoms with Gasteiger partial charge in [0.2, 0.25) is 0 Å². The molecule has 0 saturated carbocycles. The molecule has 22 heavy (non-hydrogen) atoms. The minimum absolute atomic E-state index is 0.241. The lowest BCUT2D eigenvalue weighted by atomic mass is 9.77. The summed E-state index contributed by atoms with van der Waals surface area (Å²) >= 11 is 0. The van der Waals surface area contributed by atoms with Crippen LogP contribution in [0.3, 0.4) is 0 Å². The van der Waals surface area contributed by atoms with Crippen LogP contribution in [0.25, 0.3) is 10.8 Å². The Morgan fingerprint density at radius 3 is 2.27 bits per heavy atom. The first-order valence-electron chi connectivity index (χ1n) is 7.27. The van der Waals surface area contributed by atoms with Gasteiger partial charge in [-0.05, 0) is 45.2 Å². The molecule has 0 unspecified atom stereocenters. The molecule has 0 amide bonds. The maximum Gasteiger partial charge on any atom is 0.496 e. The molecule has 116 valence electrons. The van der Waals surface area contributed by atoms with Gasteiger partial charge in [-0.2, -0.15) is 0 Å². The molecule has 0 aliphatic carbocycles. The molecule has 1 fully saturated rings. The summed E-state index contributed by atoms with van der Waals surface area (Å²) in [5.74, 6) is -0.435. The number of benzene rings is 1. The lowest BCUT2D eigenvalue weighted by Gasteiger charge is -2.32. The van der Waals surface area contributed by atoms with Crippen LogP contribution in [0.1, 0.15) is 27.7 Å². The van der Waals surface area contributed by atoms with Gasteiger partial charge in [0.1, 0.15) is 5.82 Å². The number of rotatable bonds is 1. The van der Waals surface area contributed by atoms with Gasteiger partial charge in [0.25, 0.3) is 5.56 Å². The lowest BCUT2D eigenvalue weighted by molar-refractivity contribution is 0.00578. The molecule has 1 aromatic heterocycles. The molecule has 2 heterocycles. The number of fused-ring (bicyclic) bond motifs is 1. The van der Waals surface area contributed by atoms with Crippen LogP contribution in [0.5, 0.6) is 0 Å². The van der Waals surface area contributed by atoms with Crippen LogP contribution in [0, 0.1) is 5.82 Å². The first kappa shape index (κ1) is 15.2. The lowest BCUT2D eigenvalue weighted by Crippen LogP contribution is -2.41. The van der Waals surface area contributed by atoms with Crippen molar-refractivity contribution in [3.63, 3.8) is 0 Å². The van der Waals surface area contributed by atoms with Crippen molar-refractivity contribution in [3.05, 3.63) is 40.6 Å². The van der Waals surface area contributed by atoms with Gasteiger partial charge in [0, 0.05) is 24.1 Å². The third kappa shape index (κ3) is 2.18. The maximum atomic E-state index is 13.5. The summed E-state index contributed by atoms with van der Waals surface area (Å²) in [4.78, 5) is 12.2. The largest absolute Gasteiger partial charge is 0.496 e. The average molecular weight is 303 g/mol. The molecule has 4 nitrogen and oxygen atoms in total. The fraction of sp³-hybridized carbons (Fsp3) is 0.438. The van der Waals surface area contributed by atoms with Crippen molar-refractivity contribution in [2.75, 3.05) is 0 Å². The van der Waals surface area contributed by atoms with Crippen LogP contribution in [0.4, 0.5) is 4.39 Å². The van der Waals surface area contributed by atoms with Gasteiger partial charge in [-0.3, -0.25) is 4.79 Å². The van der Waals surface area contributed by atoms with Gasteiger partial charge >= 0.3 is 7.12 Å². The van der Waals surface area contributed by atoms with E-state index in [-0.39, 0.29) is 5.56 Å². The monoisotopic (exact) mass is 303 g/mol. The number of hydrogen-bond acceptors (Lipinski definition) is 3. The summed E-state index contributed by atoms with van der Waals surface area (Å²) < 4.78 is 27.0. The summed E-state index contributed by atoms with van der Waals surface area (Å²) in [6.45, 7) is 7.88. The van der Waals surface area contributed by atoms with Crippen molar-refractivity contribution in [1.82, 2.24) is 4.57 Å². The van der Waals surface area contributed by atoms with E-state index in [1.165, 1.54) is 16.7 Å². The van der Waals surface area contributed by atoms with Gasteiger partial charge in [0.15, 0.2) is 0 Å². The standard InChI is InChI=1S/C16H19BFNO3/c1-15(2)16(3,4)22-17(21-15)13-9-19(5)14(20)12-8-10(18)6-7-11(12)13/h6-9H,1-5H3. The molecule has 1 aromatic carbocycles. The number of hydrogen-bond donors (Lipinski definition) is 0. The molecule has 0 radical (unpaired) electrons. The summed E-state index contributed by atoms with van der Waals surface area (Å²) in [5, 5.41) is 0.984. The van der Waals surface area contributed by atoms with Crippen LogP contribution in [-0.4, -0.2) is 22.9 Å². The van der Waals surface area contributed by atoms with Gasteiger partial charge in [0.05, 0.1) is 11.2 Å². The third-order valence-electron chi connectivity index (χ3n) is 4.68. The van der Waals surface area contributed by atoms with Crippen molar-refractivity contribution in [1.29, 1.82) is 0 Å². The normalized spacial score (nSPS) is 19.8. The molecule has 1 aliphatic heterocycles. The highest BCUT2D eigenvalue weighted by Crippen LogP contribution is 2.36. The number of aryl methyl sites for hydroxylation is 1. The van der Waals surface area contributed by atoms with E-state index in [4.69, 9.17) is 9.31 Å². The summed E-state index contributed by atoms with van der Waals surface area (Å²) in [6.07, 6.45) is 1.70. The molecule has 0 atom stereocenters. The Kier molecular flexibility index (Phi) is 3.24. The second-order valence-electron chi connectivity index (χ2n) is 6.78. The Morgan fingerprint density at radius 1 is 1.09 bits per heavy atom. The van der Waals surface area contributed by atoms with Gasteiger partial charge in [-0.25, -0.2) is 4.39 Å². The van der Waals surface area contributed by atoms with Crippen molar-refractivity contribution >= 4 is 23.4 Å². The molecular weight excluding hydrogens is 284 g/mol. The summed E-state index contributed by atoms with van der Waals surface area (Å²) in [5.41, 5.74) is -0.456. The molecule has 6 heteroatoms. The van der Waals surface area contributed by atoms with Gasteiger partial charge in [-0.1, -0.05) is 6.07 Å². The minimum Gasteiger partial charge on any atom is -0.399 e.